The molecule has 4 rings (SSSR count). The molecule has 1 saturated heterocycles. The Bertz CT molecular complexity index is 1270. The van der Waals surface area contributed by atoms with Crippen molar-refractivity contribution in [2.45, 2.75) is 6.61 Å². The highest BCUT2D eigenvalue weighted by molar-refractivity contribution is 9.10. The predicted octanol–water partition coefficient (Wildman–Crippen LogP) is 6.00. The summed E-state index contributed by atoms with van der Waals surface area (Å²) in [6.07, 6.45) is 1.36. The van der Waals surface area contributed by atoms with Gasteiger partial charge in [-0.15, -0.1) is 0 Å². The first-order valence-electron chi connectivity index (χ1n) is 9.65. The summed E-state index contributed by atoms with van der Waals surface area (Å²) in [7, 11) is 0. The molecular weight excluding hydrogens is 531 g/mol. The number of rotatable bonds is 5. The molecule has 0 aromatic heterocycles. The Labute approximate surface area is 207 Å². The van der Waals surface area contributed by atoms with E-state index in [9.17, 15) is 14.4 Å². The van der Waals surface area contributed by atoms with Crippen molar-refractivity contribution in [2.75, 3.05) is 4.90 Å². The van der Waals surface area contributed by atoms with Gasteiger partial charge in [-0.1, -0.05) is 51.3 Å². The van der Waals surface area contributed by atoms with Crippen LogP contribution in [0.15, 0.2) is 76.8 Å². The topological polar surface area (TPSA) is 75.7 Å². The molecular formula is C24H15BrCl2N2O4. The van der Waals surface area contributed by atoms with Gasteiger partial charge in [0.2, 0.25) is 0 Å². The molecule has 1 aliphatic rings. The van der Waals surface area contributed by atoms with Crippen LogP contribution in [0.5, 0.6) is 5.75 Å². The highest BCUT2D eigenvalue weighted by Crippen LogP contribution is 2.29. The zero-order valence-electron chi connectivity index (χ0n) is 16.8. The number of hydrogen-bond acceptors (Lipinski definition) is 4. The molecule has 1 aliphatic heterocycles. The van der Waals surface area contributed by atoms with Crippen LogP contribution in [-0.2, 0) is 16.2 Å². The summed E-state index contributed by atoms with van der Waals surface area (Å²) in [5.41, 5.74) is 1.39. The van der Waals surface area contributed by atoms with Crippen LogP contribution in [0, 0.1) is 0 Å². The highest BCUT2D eigenvalue weighted by atomic mass is 79.9. The van der Waals surface area contributed by atoms with Gasteiger partial charge in [-0.25, -0.2) is 9.69 Å². The Balaban J connectivity index is 1.66. The van der Waals surface area contributed by atoms with Crippen molar-refractivity contribution in [2.24, 2.45) is 0 Å². The fourth-order valence-corrected chi connectivity index (χ4v) is 3.71. The Morgan fingerprint density at radius 3 is 2.27 bits per heavy atom. The van der Waals surface area contributed by atoms with Gasteiger partial charge in [-0.05, 0) is 66.2 Å². The molecule has 1 fully saturated rings. The van der Waals surface area contributed by atoms with Crippen LogP contribution in [-0.4, -0.2) is 17.8 Å². The van der Waals surface area contributed by atoms with Crippen LogP contribution >= 0.6 is 39.1 Å². The summed E-state index contributed by atoms with van der Waals surface area (Å²) in [4.78, 5) is 38.9. The number of carbonyl (C=O) groups is 3. The molecule has 166 valence electrons. The summed E-state index contributed by atoms with van der Waals surface area (Å²) >= 11 is 15.4. The molecule has 33 heavy (non-hydrogen) atoms. The lowest BCUT2D eigenvalue weighted by Gasteiger charge is -2.26. The largest absolute Gasteiger partial charge is 0.488 e. The van der Waals surface area contributed by atoms with E-state index in [0.717, 1.165) is 14.9 Å². The van der Waals surface area contributed by atoms with Crippen molar-refractivity contribution in [1.82, 2.24) is 5.32 Å². The number of carbonyl (C=O) groups excluding carboxylic acids is 3. The lowest BCUT2D eigenvalue weighted by atomic mass is 10.1. The number of anilines is 1. The first-order valence-corrected chi connectivity index (χ1v) is 11.2. The van der Waals surface area contributed by atoms with Crippen molar-refractivity contribution >= 4 is 68.7 Å². The Hall–Kier alpha value is -3.13. The number of halogens is 3. The predicted molar refractivity (Wildman–Crippen MR) is 130 cm³/mol. The molecule has 1 heterocycles. The van der Waals surface area contributed by atoms with Gasteiger partial charge in [0, 0.05) is 20.1 Å². The normalized spacial score (nSPS) is 15.1. The fourth-order valence-electron chi connectivity index (χ4n) is 3.14. The van der Waals surface area contributed by atoms with Gasteiger partial charge in [0.1, 0.15) is 17.9 Å². The molecule has 6 nitrogen and oxygen atoms in total. The van der Waals surface area contributed by atoms with Crippen LogP contribution in [0.1, 0.15) is 11.1 Å². The number of ether oxygens (including phenoxy) is 1. The molecule has 0 spiro atoms. The Morgan fingerprint density at radius 2 is 1.58 bits per heavy atom. The minimum absolute atomic E-state index is 0.236. The molecule has 0 saturated carbocycles. The van der Waals surface area contributed by atoms with Gasteiger partial charge in [0.15, 0.2) is 0 Å². The van der Waals surface area contributed by atoms with Crippen molar-refractivity contribution in [3.63, 3.8) is 0 Å². The van der Waals surface area contributed by atoms with E-state index >= 15 is 0 Å². The van der Waals surface area contributed by atoms with Crippen molar-refractivity contribution in [1.29, 1.82) is 0 Å². The SMILES string of the molecule is O=C1NC(=O)N(c2ccc(Cl)cc2)C(=O)/C1=C/c1cc(Cl)ccc1OCc1ccc(Br)cc1. The van der Waals surface area contributed by atoms with Crippen molar-refractivity contribution in [3.8, 4) is 5.75 Å². The van der Waals surface area contributed by atoms with Crippen LogP contribution in [0.25, 0.3) is 6.08 Å². The smallest absolute Gasteiger partial charge is 0.335 e. The number of benzene rings is 3. The molecule has 0 atom stereocenters. The number of amides is 4. The summed E-state index contributed by atoms with van der Waals surface area (Å²) in [5, 5.41) is 3.03. The third kappa shape index (κ3) is 5.27. The first-order chi connectivity index (χ1) is 15.8. The summed E-state index contributed by atoms with van der Waals surface area (Å²) < 4.78 is 6.87. The molecule has 1 N–H and O–H groups in total. The van der Waals surface area contributed by atoms with E-state index in [2.05, 4.69) is 21.2 Å². The zero-order valence-corrected chi connectivity index (χ0v) is 19.9. The molecule has 0 bridgehead atoms. The summed E-state index contributed by atoms with van der Waals surface area (Å²) in [6, 6.07) is 17.8. The zero-order chi connectivity index (χ0) is 23.5. The van der Waals surface area contributed by atoms with E-state index in [1.54, 1.807) is 30.3 Å². The second kappa shape index (κ2) is 9.79. The monoisotopic (exact) mass is 544 g/mol. The lowest BCUT2D eigenvalue weighted by molar-refractivity contribution is -0.122. The van der Waals surface area contributed by atoms with E-state index < -0.39 is 17.8 Å². The van der Waals surface area contributed by atoms with E-state index in [0.29, 0.717) is 21.4 Å². The van der Waals surface area contributed by atoms with Gasteiger partial charge in [-0.3, -0.25) is 14.9 Å². The number of barbiturate groups is 1. The maximum Gasteiger partial charge on any atom is 0.335 e. The van der Waals surface area contributed by atoms with Crippen molar-refractivity contribution in [3.05, 3.63) is 97.9 Å². The molecule has 3 aromatic rings. The van der Waals surface area contributed by atoms with Gasteiger partial charge >= 0.3 is 6.03 Å². The second-order valence-electron chi connectivity index (χ2n) is 7.03. The van der Waals surface area contributed by atoms with Crippen LogP contribution in [0.3, 0.4) is 0 Å². The molecule has 0 radical (unpaired) electrons. The molecule has 9 heteroatoms. The standard InChI is InChI=1S/C24H15BrCl2N2O4/c25-16-3-1-14(2-4-16)13-33-21-10-7-18(27)11-15(21)12-20-22(30)28-24(32)29(23(20)31)19-8-5-17(26)6-9-19/h1-12H,13H2,(H,28,30,32)/b20-12+. The third-order valence-corrected chi connectivity index (χ3v) is 5.78. The molecule has 0 unspecified atom stereocenters. The summed E-state index contributed by atoms with van der Waals surface area (Å²) in [6.45, 7) is 0.264. The summed E-state index contributed by atoms with van der Waals surface area (Å²) in [5.74, 6) is -1.16. The Morgan fingerprint density at radius 1 is 0.909 bits per heavy atom. The van der Waals surface area contributed by atoms with Gasteiger partial charge in [0.05, 0.1) is 5.69 Å². The van der Waals surface area contributed by atoms with Crippen LogP contribution in [0.4, 0.5) is 10.5 Å². The number of urea groups is 1. The second-order valence-corrected chi connectivity index (χ2v) is 8.82. The van der Waals surface area contributed by atoms with E-state index in [1.807, 2.05) is 24.3 Å². The third-order valence-electron chi connectivity index (χ3n) is 4.77. The van der Waals surface area contributed by atoms with E-state index in [-0.39, 0.29) is 17.9 Å². The number of hydrogen-bond donors (Lipinski definition) is 1. The molecule has 4 amide bonds. The maximum atomic E-state index is 13.1. The fraction of sp³-hybridized carbons (Fsp3) is 0.0417. The van der Waals surface area contributed by atoms with Crippen molar-refractivity contribution < 1.29 is 19.1 Å². The first kappa shape index (κ1) is 23.0. The van der Waals surface area contributed by atoms with Gasteiger partial charge < -0.3 is 4.74 Å². The van der Waals surface area contributed by atoms with Crippen LogP contribution < -0.4 is 15.0 Å². The maximum absolute atomic E-state index is 13.1. The number of imide groups is 2. The minimum atomic E-state index is -0.845. The minimum Gasteiger partial charge on any atom is -0.488 e. The van der Waals surface area contributed by atoms with E-state index in [1.165, 1.54) is 18.2 Å². The van der Waals surface area contributed by atoms with Gasteiger partial charge in [0.25, 0.3) is 11.8 Å². The quantitative estimate of drug-likeness (QED) is 0.315. The Kier molecular flexibility index (Phi) is 6.83. The molecule has 0 aliphatic carbocycles. The highest BCUT2D eigenvalue weighted by Gasteiger charge is 2.37. The van der Waals surface area contributed by atoms with E-state index in [4.69, 9.17) is 27.9 Å². The van der Waals surface area contributed by atoms with Gasteiger partial charge in [-0.2, -0.15) is 0 Å². The number of nitrogens with zero attached hydrogens (tertiary/aromatic N) is 1. The number of nitrogens with one attached hydrogen (secondary N) is 1. The average Bonchev–Trinajstić information content (AvgIpc) is 2.78. The average molecular weight is 546 g/mol. The lowest BCUT2D eigenvalue weighted by Crippen LogP contribution is -2.54. The molecule has 3 aromatic carbocycles. The van der Waals surface area contributed by atoms with Crippen LogP contribution in [0.2, 0.25) is 10.0 Å².